The Morgan fingerprint density at radius 3 is 2.29 bits per heavy atom. The predicted molar refractivity (Wildman–Crippen MR) is 125 cm³/mol. The van der Waals surface area contributed by atoms with Gasteiger partial charge in [0, 0.05) is 34.9 Å². The van der Waals surface area contributed by atoms with Gasteiger partial charge in [0.25, 0.3) is 5.91 Å². The van der Waals surface area contributed by atoms with E-state index in [1.165, 1.54) is 11.1 Å². The van der Waals surface area contributed by atoms with Crippen LogP contribution in [0.15, 0.2) is 85.2 Å². The van der Waals surface area contributed by atoms with Gasteiger partial charge in [-0.3, -0.25) is 4.79 Å². The van der Waals surface area contributed by atoms with Crippen LogP contribution in [0, 0.1) is 13.8 Å². The van der Waals surface area contributed by atoms with Gasteiger partial charge < -0.3 is 14.9 Å². The van der Waals surface area contributed by atoms with Gasteiger partial charge in [-0.25, -0.2) is 4.98 Å². The Hall–Kier alpha value is -4.12. The second-order valence-electron chi connectivity index (χ2n) is 7.71. The molecule has 0 fully saturated rings. The first-order chi connectivity index (χ1) is 15.1. The number of benzene rings is 3. The Balaban J connectivity index is 1.31. The molecule has 0 aliphatic carbocycles. The monoisotopic (exact) mass is 406 g/mol. The Kier molecular flexibility index (Phi) is 4.64. The van der Waals surface area contributed by atoms with Crippen molar-refractivity contribution in [1.29, 1.82) is 0 Å². The first-order valence-corrected chi connectivity index (χ1v) is 10.2. The van der Waals surface area contributed by atoms with Crippen molar-refractivity contribution in [3.8, 4) is 17.1 Å². The maximum Gasteiger partial charge on any atom is 0.255 e. The summed E-state index contributed by atoms with van der Waals surface area (Å²) in [5, 5.41) is 2.96. The van der Waals surface area contributed by atoms with Crippen molar-refractivity contribution in [2.75, 3.05) is 5.32 Å². The van der Waals surface area contributed by atoms with Gasteiger partial charge in [-0.15, -0.1) is 0 Å². The van der Waals surface area contributed by atoms with Crippen LogP contribution in [-0.2, 0) is 0 Å². The third-order valence-electron chi connectivity index (χ3n) is 5.55. The number of amides is 1. The summed E-state index contributed by atoms with van der Waals surface area (Å²) in [4.78, 5) is 20.7. The van der Waals surface area contributed by atoms with Gasteiger partial charge in [0.05, 0.1) is 11.0 Å². The molecule has 0 unspecified atom stereocenters. The number of imidazole rings is 1. The number of aromatic nitrogens is 3. The quantitative estimate of drug-likeness (QED) is 0.391. The summed E-state index contributed by atoms with van der Waals surface area (Å²) in [6.45, 7) is 4.19. The zero-order chi connectivity index (χ0) is 21.4. The van der Waals surface area contributed by atoms with Crippen LogP contribution in [0.25, 0.3) is 28.1 Å². The summed E-state index contributed by atoms with van der Waals surface area (Å²) in [7, 11) is 0. The molecule has 3 aromatic carbocycles. The minimum atomic E-state index is -0.138. The normalized spacial score (nSPS) is 11.0. The highest BCUT2D eigenvalue weighted by atomic mass is 16.1. The maximum atomic E-state index is 12.6. The van der Waals surface area contributed by atoms with Crippen LogP contribution in [0.3, 0.4) is 0 Å². The van der Waals surface area contributed by atoms with Crippen molar-refractivity contribution in [3.63, 3.8) is 0 Å². The molecule has 2 N–H and O–H groups in total. The van der Waals surface area contributed by atoms with Gasteiger partial charge in [0.2, 0.25) is 0 Å². The van der Waals surface area contributed by atoms with E-state index in [0.29, 0.717) is 5.56 Å². The van der Waals surface area contributed by atoms with E-state index in [-0.39, 0.29) is 5.91 Å². The highest BCUT2D eigenvalue weighted by Crippen LogP contribution is 2.24. The number of anilines is 1. The molecule has 1 amide bonds. The summed E-state index contributed by atoms with van der Waals surface area (Å²) in [6, 6.07) is 23.4. The Labute approximate surface area is 180 Å². The molecular formula is C26H22N4O. The smallest absolute Gasteiger partial charge is 0.255 e. The van der Waals surface area contributed by atoms with Crippen LogP contribution >= 0.6 is 0 Å². The van der Waals surface area contributed by atoms with Crippen molar-refractivity contribution in [3.05, 3.63) is 102 Å². The third-order valence-corrected chi connectivity index (χ3v) is 5.55. The van der Waals surface area contributed by atoms with Gasteiger partial charge in [-0.2, -0.15) is 0 Å². The molecule has 31 heavy (non-hydrogen) atoms. The van der Waals surface area contributed by atoms with Crippen LogP contribution in [0.4, 0.5) is 5.69 Å². The zero-order valence-corrected chi connectivity index (χ0v) is 17.4. The highest BCUT2D eigenvalue weighted by molar-refractivity contribution is 6.04. The van der Waals surface area contributed by atoms with E-state index < -0.39 is 0 Å². The van der Waals surface area contributed by atoms with Crippen LogP contribution in [-0.4, -0.2) is 20.4 Å². The van der Waals surface area contributed by atoms with E-state index in [2.05, 4.69) is 36.3 Å². The number of fused-ring (bicyclic) bond motifs is 1. The minimum Gasteiger partial charge on any atom is -0.338 e. The molecule has 5 nitrogen and oxygen atoms in total. The fourth-order valence-corrected chi connectivity index (χ4v) is 3.61. The largest absolute Gasteiger partial charge is 0.338 e. The molecule has 0 aliphatic rings. The number of nitrogens with zero attached hydrogens (tertiary/aromatic N) is 2. The molecule has 0 atom stereocenters. The lowest BCUT2D eigenvalue weighted by Gasteiger charge is -2.07. The average molecular weight is 406 g/mol. The van der Waals surface area contributed by atoms with Gasteiger partial charge in [-0.05, 0) is 97.8 Å². The number of hydrogen-bond acceptors (Lipinski definition) is 2. The summed E-state index contributed by atoms with van der Waals surface area (Å²) in [5.41, 5.74) is 7.79. The second-order valence-corrected chi connectivity index (χ2v) is 7.71. The summed E-state index contributed by atoms with van der Waals surface area (Å²) >= 11 is 0. The van der Waals surface area contributed by atoms with Crippen molar-refractivity contribution in [2.24, 2.45) is 0 Å². The highest BCUT2D eigenvalue weighted by Gasteiger charge is 2.09. The number of aryl methyl sites for hydroxylation is 2. The number of carbonyl (C=O) groups is 1. The molecule has 5 aromatic rings. The lowest BCUT2D eigenvalue weighted by Crippen LogP contribution is -2.11. The van der Waals surface area contributed by atoms with Crippen molar-refractivity contribution < 1.29 is 4.79 Å². The lowest BCUT2D eigenvalue weighted by atomic mass is 10.1. The Morgan fingerprint density at radius 1 is 0.903 bits per heavy atom. The van der Waals surface area contributed by atoms with Crippen LogP contribution in [0.1, 0.15) is 21.5 Å². The van der Waals surface area contributed by atoms with E-state index in [4.69, 9.17) is 4.98 Å². The summed E-state index contributed by atoms with van der Waals surface area (Å²) in [5.74, 6) is 0.681. The minimum absolute atomic E-state index is 0.138. The molecular weight excluding hydrogens is 384 g/mol. The summed E-state index contributed by atoms with van der Waals surface area (Å²) < 4.78 is 2.00. The molecule has 0 radical (unpaired) electrons. The van der Waals surface area contributed by atoms with Crippen LogP contribution < -0.4 is 5.32 Å². The first-order valence-electron chi connectivity index (χ1n) is 10.2. The molecule has 2 aromatic heterocycles. The molecule has 2 heterocycles. The number of nitrogens with one attached hydrogen (secondary N) is 2. The third kappa shape index (κ3) is 3.73. The SMILES string of the molecule is Cc1cc2nc(-c3ccc(NC(=O)c4ccc(-n5cccc5)cc4)cc3)[nH]c2cc1C. The second kappa shape index (κ2) is 7.61. The Morgan fingerprint density at radius 2 is 1.58 bits per heavy atom. The maximum absolute atomic E-state index is 12.6. The fraction of sp³-hybridized carbons (Fsp3) is 0.0769. The summed E-state index contributed by atoms with van der Waals surface area (Å²) in [6.07, 6.45) is 3.95. The van der Waals surface area contributed by atoms with Crippen molar-refractivity contribution in [1.82, 2.24) is 14.5 Å². The number of hydrogen-bond donors (Lipinski definition) is 2. The standard InChI is InChI=1S/C26H22N4O/c1-17-15-23-24(16-18(17)2)29-25(28-23)19-5-9-21(10-6-19)27-26(31)20-7-11-22(12-8-20)30-13-3-4-14-30/h3-16H,1-2H3,(H,27,31)(H,28,29). The number of rotatable bonds is 4. The van der Waals surface area contributed by atoms with Crippen LogP contribution in [0.2, 0.25) is 0 Å². The fourth-order valence-electron chi connectivity index (χ4n) is 3.61. The van der Waals surface area contributed by atoms with Gasteiger partial charge in [0.1, 0.15) is 5.82 Å². The van der Waals surface area contributed by atoms with Gasteiger partial charge >= 0.3 is 0 Å². The Bertz CT molecular complexity index is 1320. The number of carbonyl (C=O) groups excluding carboxylic acids is 1. The van der Waals surface area contributed by atoms with Crippen molar-refractivity contribution >= 4 is 22.6 Å². The zero-order valence-electron chi connectivity index (χ0n) is 17.4. The molecule has 0 bridgehead atoms. The van der Waals surface area contributed by atoms with Crippen LogP contribution in [0.5, 0.6) is 0 Å². The van der Waals surface area contributed by atoms with Gasteiger partial charge in [-0.1, -0.05) is 0 Å². The number of H-pyrrole nitrogens is 1. The topological polar surface area (TPSA) is 62.7 Å². The van der Waals surface area contributed by atoms with E-state index in [1.54, 1.807) is 0 Å². The van der Waals surface area contributed by atoms with Crippen molar-refractivity contribution in [2.45, 2.75) is 13.8 Å². The predicted octanol–water partition coefficient (Wildman–Crippen LogP) is 5.89. The molecule has 0 aliphatic heterocycles. The number of aromatic amines is 1. The molecule has 0 spiro atoms. The van der Waals surface area contributed by atoms with E-state index in [9.17, 15) is 4.79 Å². The van der Waals surface area contributed by atoms with E-state index in [1.807, 2.05) is 77.6 Å². The molecule has 0 saturated heterocycles. The molecule has 152 valence electrons. The first kappa shape index (κ1) is 18.9. The molecule has 0 saturated carbocycles. The van der Waals surface area contributed by atoms with E-state index >= 15 is 0 Å². The van der Waals surface area contributed by atoms with E-state index in [0.717, 1.165) is 33.8 Å². The molecule has 5 rings (SSSR count). The lowest BCUT2D eigenvalue weighted by molar-refractivity contribution is 0.102. The average Bonchev–Trinajstić information content (AvgIpc) is 3.45. The molecule has 5 heteroatoms. The van der Waals surface area contributed by atoms with Gasteiger partial charge in [0.15, 0.2) is 0 Å².